The van der Waals surface area contributed by atoms with Crippen LogP contribution in [-0.2, 0) is 6.61 Å². The molecule has 1 saturated carbocycles. The number of hydrogen-bond acceptors (Lipinski definition) is 6. The van der Waals surface area contributed by atoms with Gasteiger partial charge in [-0.25, -0.2) is 9.78 Å². The first-order chi connectivity index (χ1) is 21.9. The van der Waals surface area contributed by atoms with E-state index < -0.39 is 5.97 Å². The van der Waals surface area contributed by atoms with Crippen LogP contribution in [0.25, 0.3) is 44.9 Å². The van der Waals surface area contributed by atoms with Crippen LogP contribution in [0.5, 0.6) is 5.75 Å². The largest absolute Gasteiger partial charge is 0.489 e. The number of H-pyrrole nitrogens is 1. The molecule has 0 unspecified atom stereocenters. The molecule has 2 heterocycles. The lowest BCUT2D eigenvalue weighted by Crippen LogP contribution is -2.14. The van der Waals surface area contributed by atoms with Gasteiger partial charge < -0.3 is 14.4 Å². The van der Waals surface area contributed by atoms with Crippen molar-refractivity contribution in [2.45, 2.75) is 44.8 Å². The zero-order valence-electron chi connectivity index (χ0n) is 24.1. The fourth-order valence-corrected chi connectivity index (χ4v) is 6.66. The quantitative estimate of drug-likeness (QED) is 0.171. The molecule has 1 aliphatic rings. The minimum atomic E-state index is -1.01. The van der Waals surface area contributed by atoms with Crippen LogP contribution < -0.4 is 4.74 Å². The Bertz CT molecular complexity index is 1980. The van der Waals surface area contributed by atoms with Crippen LogP contribution in [0.2, 0.25) is 10.0 Å². The predicted molar refractivity (Wildman–Crippen MR) is 174 cm³/mol. The highest BCUT2D eigenvalue weighted by Gasteiger charge is 2.23. The van der Waals surface area contributed by atoms with E-state index in [0.29, 0.717) is 33.2 Å². The van der Waals surface area contributed by atoms with Crippen molar-refractivity contribution in [3.63, 3.8) is 0 Å². The molecule has 0 bridgehead atoms. The summed E-state index contributed by atoms with van der Waals surface area (Å²) in [5.41, 5.74) is 6.24. The number of tetrazole rings is 1. The summed E-state index contributed by atoms with van der Waals surface area (Å²) in [4.78, 5) is 16.8. The van der Waals surface area contributed by atoms with Crippen LogP contribution in [0.4, 0.5) is 0 Å². The molecule has 9 nitrogen and oxygen atoms in total. The Labute approximate surface area is 268 Å². The van der Waals surface area contributed by atoms with E-state index in [4.69, 9.17) is 32.9 Å². The molecule has 0 radical (unpaired) electrons. The van der Waals surface area contributed by atoms with Crippen LogP contribution in [-0.4, -0.2) is 41.3 Å². The van der Waals surface area contributed by atoms with Gasteiger partial charge in [0, 0.05) is 27.2 Å². The second-order valence-electron chi connectivity index (χ2n) is 11.2. The molecule has 11 heteroatoms. The van der Waals surface area contributed by atoms with E-state index in [1.807, 2.05) is 36.4 Å². The Hall–Kier alpha value is -4.73. The van der Waals surface area contributed by atoms with Gasteiger partial charge in [-0.1, -0.05) is 48.5 Å². The van der Waals surface area contributed by atoms with E-state index in [1.165, 1.54) is 19.3 Å². The smallest absolute Gasteiger partial charge is 0.335 e. The number of hydrogen-bond donors (Lipinski definition) is 2. The molecule has 2 aromatic heterocycles. The zero-order chi connectivity index (χ0) is 30.9. The summed E-state index contributed by atoms with van der Waals surface area (Å²) in [5.74, 6) is 1.07. The van der Waals surface area contributed by atoms with Gasteiger partial charge in [-0.05, 0) is 108 Å². The molecule has 0 spiro atoms. The molecular weight excluding hydrogens is 611 g/mol. The van der Waals surface area contributed by atoms with Gasteiger partial charge in [0.2, 0.25) is 5.82 Å². The number of benzene rings is 4. The second kappa shape index (κ2) is 12.3. The van der Waals surface area contributed by atoms with Crippen molar-refractivity contribution in [1.29, 1.82) is 0 Å². The summed E-state index contributed by atoms with van der Waals surface area (Å²) in [6.45, 7) is 0.152. The van der Waals surface area contributed by atoms with Crippen LogP contribution >= 0.6 is 23.2 Å². The van der Waals surface area contributed by atoms with Crippen molar-refractivity contribution in [2.24, 2.45) is 0 Å². The monoisotopic (exact) mass is 638 g/mol. The molecular formula is C34H28Cl2N6O3. The fraction of sp³-hybridized carbons (Fsp3) is 0.206. The molecule has 4 aromatic carbocycles. The highest BCUT2D eigenvalue weighted by molar-refractivity contribution is 6.35. The summed E-state index contributed by atoms with van der Waals surface area (Å²) < 4.78 is 8.57. The maximum absolute atomic E-state index is 11.7. The van der Waals surface area contributed by atoms with Crippen molar-refractivity contribution >= 4 is 40.2 Å². The van der Waals surface area contributed by atoms with Crippen molar-refractivity contribution in [3.05, 3.63) is 100 Å². The third-order valence-electron chi connectivity index (χ3n) is 8.27. The summed E-state index contributed by atoms with van der Waals surface area (Å²) in [7, 11) is 0. The number of rotatable bonds is 8. The van der Waals surface area contributed by atoms with Gasteiger partial charge in [-0.15, -0.1) is 10.2 Å². The number of aromatic amines is 1. The third kappa shape index (κ3) is 6.01. The number of carbonyl (C=O) groups is 1. The topological polar surface area (TPSA) is 119 Å². The maximum Gasteiger partial charge on any atom is 0.335 e. The number of ether oxygens (including phenoxy) is 1. The van der Waals surface area contributed by atoms with E-state index in [2.05, 4.69) is 31.3 Å². The summed E-state index contributed by atoms with van der Waals surface area (Å²) >= 11 is 12.5. The summed E-state index contributed by atoms with van der Waals surface area (Å²) in [5, 5.41) is 25.1. The number of fused-ring (bicyclic) bond motifs is 1. The number of carboxylic acids is 1. The highest BCUT2D eigenvalue weighted by atomic mass is 35.5. The molecule has 6 aromatic rings. The zero-order valence-corrected chi connectivity index (χ0v) is 25.6. The molecule has 0 saturated heterocycles. The second-order valence-corrected chi connectivity index (χ2v) is 12.1. The molecule has 1 fully saturated rings. The predicted octanol–water partition coefficient (Wildman–Crippen LogP) is 8.64. The van der Waals surface area contributed by atoms with Crippen LogP contribution in [0, 0.1) is 0 Å². The standard InChI is InChI=1S/C34H28Cl2N6O3/c35-25-15-23(16-26(36)18-25)29-12-8-22(34(43)44)14-24(29)19-45-28-10-6-20(7-11-28)33-37-30-17-21(32-38-40-41-39-32)9-13-31(30)42(33)27-4-2-1-3-5-27/h6-18,27H,1-5,19H2,(H,43,44)(H,38,39,40,41). The van der Waals surface area contributed by atoms with E-state index in [0.717, 1.165) is 52.0 Å². The van der Waals surface area contributed by atoms with Crippen LogP contribution in [0.1, 0.15) is 54.1 Å². The SMILES string of the molecule is O=C(O)c1ccc(-c2cc(Cl)cc(Cl)c2)c(COc2ccc(-c3nc4cc(-c5nn[nH]n5)ccc4n3C3CCCCC3)cc2)c1. The van der Waals surface area contributed by atoms with Gasteiger partial charge in [0.25, 0.3) is 0 Å². The maximum atomic E-state index is 11.7. The molecule has 2 N–H and O–H groups in total. The van der Waals surface area contributed by atoms with Crippen LogP contribution in [0.15, 0.2) is 78.9 Å². The van der Waals surface area contributed by atoms with Gasteiger partial charge in [-0.2, -0.15) is 5.21 Å². The molecule has 1 aliphatic carbocycles. The lowest BCUT2D eigenvalue weighted by atomic mass is 9.95. The fourth-order valence-electron chi connectivity index (χ4n) is 6.13. The number of imidazole rings is 1. The Kier molecular flexibility index (Phi) is 7.95. The first-order valence-corrected chi connectivity index (χ1v) is 15.5. The van der Waals surface area contributed by atoms with Gasteiger partial charge >= 0.3 is 5.97 Å². The summed E-state index contributed by atoms with van der Waals surface area (Å²) in [6, 6.07) is 24.5. The first kappa shape index (κ1) is 29.0. The van der Waals surface area contributed by atoms with Gasteiger partial charge in [-0.3, -0.25) is 0 Å². The minimum Gasteiger partial charge on any atom is -0.489 e. The average molecular weight is 640 g/mol. The van der Waals surface area contributed by atoms with Crippen molar-refractivity contribution in [3.8, 4) is 39.7 Å². The van der Waals surface area contributed by atoms with E-state index >= 15 is 0 Å². The third-order valence-corrected chi connectivity index (χ3v) is 8.70. The van der Waals surface area contributed by atoms with E-state index in [-0.39, 0.29) is 12.2 Å². The molecule has 7 rings (SSSR count). The highest BCUT2D eigenvalue weighted by Crippen LogP contribution is 2.37. The number of carboxylic acid groups (broad SMARTS) is 1. The van der Waals surface area contributed by atoms with Gasteiger partial charge in [0.05, 0.1) is 16.6 Å². The Morgan fingerprint density at radius 3 is 2.36 bits per heavy atom. The number of aromatic nitrogens is 6. The minimum absolute atomic E-state index is 0.152. The number of aromatic carboxylic acids is 1. The molecule has 45 heavy (non-hydrogen) atoms. The molecule has 0 amide bonds. The lowest BCUT2D eigenvalue weighted by Gasteiger charge is -2.25. The van der Waals surface area contributed by atoms with Crippen LogP contribution in [0.3, 0.4) is 0 Å². The Balaban J connectivity index is 1.19. The normalized spacial score (nSPS) is 13.7. The van der Waals surface area contributed by atoms with Crippen molar-refractivity contribution < 1.29 is 14.6 Å². The average Bonchev–Trinajstić information content (AvgIpc) is 3.72. The van der Waals surface area contributed by atoms with Gasteiger partial charge in [0.15, 0.2) is 0 Å². The molecule has 226 valence electrons. The van der Waals surface area contributed by atoms with E-state index in [9.17, 15) is 9.90 Å². The molecule has 0 aliphatic heterocycles. The Morgan fingerprint density at radius 1 is 0.889 bits per heavy atom. The van der Waals surface area contributed by atoms with Crippen molar-refractivity contribution in [1.82, 2.24) is 30.2 Å². The number of nitrogens with zero attached hydrogens (tertiary/aromatic N) is 5. The lowest BCUT2D eigenvalue weighted by molar-refractivity contribution is 0.0696. The number of halogens is 2. The summed E-state index contributed by atoms with van der Waals surface area (Å²) in [6.07, 6.45) is 5.88. The number of nitrogens with one attached hydrogen (secondary N) is 1. The molecule has 0 atom stereocenters. The first-order valence-electron chi connectivity index (χ1n) is 14.7. The Morgan fingerprint density at radius 2 is 1.64 bits per heavy atom. The van der Waals surface area contributed by atoms with E-state index in [1.54, 1.807) is 36.4 Å². The van der Waals surface area contributed by atoms with Gasteiger partial charge in [0.1, 0.15) is 18.2 Å². The van der Waals surface area contributed by atoms with Crippen molar-refractivity contribution in [2.75, 3.05) is 0 Å².